The average Bonchev–Trinajstić information content (AvgIpc) is 2.69. The zero-order valence-corrected chi connectivity index (χ0v) is 19.4. The summed E-state index contributed by atoms with van der Waals surface area (Å²) in [6, 6.07) is 7.75. The molecule has 2 rings (SSSR count). The number of sulfonamides is 1. The molecule has 0 aromatic heterocycles. The number of nitrogens with zero attached hydrogens (tertiary/aromatic N) is 1. The van der Waals surface area contributed by atoms with Gasteiger partial charge in [0.1, 0.15) is 0 Å². The Hall–Kier alpha value is -2.14. The van der Waals surface area contributed by atoms with Crippen molar-refractivity contribution in [2.75, 3.05) is 32.1 Å². The van der Waals surface area contributed by atoms with Crippen molar-refractivity contribution in [2.24, 2.45) is 0 Å². The maximum atomic E-state index is 13.2. The van der Waals surface area contributed by atoms with E-state index in [2.05, 4.69) is 5.32 Å². The molecule has 0 radical (unpaired) electrons. The Morgan fingerprint density at radius 2 is 1.78 bits per heavy atom. The van der Waals surface area contributed by atoms with Gasteiger partial charge in [0.05, 0.1) is 22.0 Å². The van der Waals surface area contributed by atoms with Crippen LogP contribution in [0.3, 0.4) is 0 Å². The number of rotatable bonds is 9. The zero-order valence-electron chi connectivity index (χ0n) is 17.8. The van der Waals surface area contributed by atoms with Gasteiger partial charge in [-0.05, 0) is 49.6 Å². The number of para-hydroxylation sites is 1. The van der Waals surface area contributed by atoms with Crippen molar-refractivity contribution < 1.29 is 31.1 Å². The van der Waals surface area contributed by atoms with Crippen LogP contribution in [-0.2, 0) is 25.7 Å². The third-order valence-electron chi connectivity index (χ3n) is 4.70. The molecular formula is C21H24ClF3N2O4S. The number of carbonyl (C=O) groups is 1. The Kier molecular flexibility index (Phi) is 8.69. The van der Waals surface area contributed by atoms with Gasteiger partial charge in [0, 0.05) is 25.9 Å². The number of methoxy groups -OCH3 is 1. The van der Waals surface area contributed by atoms with Crippen molar-refractivity contribution in [1.82, 2.24) is 4.31 Å². The first-order valence-electron chi connectivity index (χ1n) is 9.60. The molecule has 0 fully saturated rings. The SMILES string of the molecule is COCCCN(CC(=O)Nc1c(C)cccc1C)S(=O)(=O)c1ccc(Cl)c(C(F)(F)F)c1. The minimum Gasteiger partial charge on any atom is -0.385 e. The Labute approximate surface area is 190 Å². The predicted octanol–water partition coefficient (Wildman–Crippen LogP) is 4.64. The average molecular weight is 493 g/mol. The summed E-state index contributed by atoms with van der Waals surface area (Å²) in [4.78, 5) is 12.1. The Morgan fingerprint density at radius 3 is 2.34 bits per heavy atom. The van der Waals surface area contributed by atoms with Crippen molar-refractivity contribution in [3.63, 3.8) is 0 Å². The van der Waals surface area contributed by atoms with Gasteiger partial charge in [-0.25, -0.2) is 8.42 Å². The number of hydrogen-bond donors (Lipinski definition) is 1. The molecule has 176 valence electrons. The van der Waals surface area contributed by atoms with Crippen LogP contribution in [0.2, 0.25) is 5.02 Å². The van der Waals surface area contributed by atoms with E-state index in [4.69, 9.17) is 16.3 Å². The molecule has 32 heavy (non-hydrogen) atoms. The minimum atomic E-state index is -4.83. The number of benzene rings is 2. The molecule has 0 saturated heterocycles. The first kappa shape index (κ1) is 26.1. The summed E-state index contributed by atoms with van der Waals surface area (Å²) >= 11 is 5.61. The molecule has 0 saturated carbocycles. The quantitative estimate of drug-likeness (QED) is 0.517. The number of amides is 1. The molecule has 0 spiro atoms. The molecule has 0 aliphatic carbocycles. The van der Waals surface area contributed by atoms with Crippen LogP contribution >= 0.6 is 11.6 Å². The molecule has 0 unspecified atom stereocenters. The molecule has 0 aliphatic heterocycles. The monoisotopic (exact) mass is 492 g/mol. The molecular weight excluding hydrogens is 469 g/mol. The summed E-state index contributed by atoms with van der Waals surface area (Å²) in [7, 11) is -3.00. The Morgan fingerprint density at radius 1 is 1.16 bits per heavy atom. The van der Waals surface area contributed by atoms with Crippen LogP contribution in [0.4, 0.5) is 18.9 Å². The molecule has 1 amide bonds. The topological polar surface area (TPSA) is 75.7 Å². The van der Waals surface area contributed by atoms with Gasteiger partial charge >= 0.3 is 6.18 Å². The van der Waals surface area contributed by atoms with Crippen LogP contribution in [-0.4, -0.2) is 45.4 Å². The molecule has 1 N–H and O–H groups in total. The first-order valence-corrected chi connectivity index (χ1v) is 11.4. The molecule has 0 aliphatic rings. The van der Waals surface area contributed by atoms with Gasteiger partial charge in [0.2, 0.25) is 15.9 Å². The Bertz CT molecular complexity index is 1050. The first-order chi connectivity index (χ1) is 14.9. The number of aryl methyl sites for hydroxylation is 2. The van der Waals surface area contributed by atoms with E-state index in [1.165, 1.54) is 7.11 Å². The maximum absolute atomic E-state index is 13.2. The second-order valence-electron chi connectivity index (χ2n) is 7.14. The molecule has 11 heteroatoms. The summed E-state index contributed by atoms with van der Waals surface area (Å²) in [5.74, 6) is -0.617. The van der Waals surface area contributed by atoms with E-state index in [1.54, 1.807) is 26.0 Å². The lowest BCUT2D eigenvalue weighted by Crippen LogP contribution is -2.39. The van der Waals surface area contributed by atoms with E-state index in [1.807, 2.05) is 6.07 Å². The molecule has 6 nitrogen and oxygen atoms in total. The highest BCUT2D eigenvalue weighted by atomic mass is 35.5. The lowest BCUT2D eigenvalue weighted by atomic mass is 10.1. The molecule has 0 bridgehead atoms. The normalized spacial score (nSPS) is 12.2. The number of hydrogen-bond acceptors (Lipinski definition) is 4. The van der Waals surface area contributed by atoms with Gasteiger partial charge in [0.25, 0.3) is 0 Å². The highest BCUT2D eigenvalue weighted by Crippen LogP contribution is 2.36. The summed E-state index contributed by atoms with van der Waals surface area (Å²) in [6.07, 6.45) is -4.59. The van der Waals surface area contributed by atoms with Crippen LogP contribution < -0.4 is 5.32 Å². The Balaban J connectivity index is 2.36. The highest BCUT2D eigenvalue weighted by Gasteiger charge is 2.36. The van der Waals surface area contributed by atoms with Gasteiger partial charge < -0.3 is 10.1 Å². The smallest absolute Gasteiger partial charge is 0.385 e. The van der Waals surface area contributed by atoms with Crippen LogP contribution in [0.1, 0.15) is 23.1 Å². The fourth-order valence-corrected chi connectivity index (χ4v) is 4.74. The summed E-state index contributed by atoms with van der Waals surface area (Å²) in [5.41, 5.74) is 0.869. The van der Waals surface area contributed by atoms with E-state index in [9.17, 15) is 26.4 Å². The number of halogens is 4. The predicted molar refractivity (Wildman–Crippen MR) is 116 cm³/mol. The molecule has 2 aromatic carbocycles. The number of alkyl halides is 3. The second kappa shape index (κ2) is 10.7. The van der Waals surface area contributed by atoms with E-state index in [0.29, 0.717) is 11.8 Å². The zero-order chi connectivity index (χ0) is 24.1. The van der Waals surface area contributed by atoms with Crippen LogP contribution in [0.25, 0.3) is 0 Å². The number of nitrogens with one attached hydrogen (secondary N) is 1. The van der Waals surface area contributed by atoms with Crippen molar-refractivity contribution in [2.45, 2.75) is 31.3 Å². The van der Waals surface area contributed by atoms with Crippen LogP contribution in [0.5, 0.6) is 0 Å². The lowest BCUT2D eigenvalue weighted by Gasteiger charge is -2.23. The van der Waals surface area contributed by atoms with Crippen molar-refractivity contribution in [1.29, 1.82) is 0 Å². The molecule has 0 heterocycles. The summed E-state index contributed by atoms with van der Waals surface area (Å²) in [6.45, 7) is 3.09. The van der Waals surface area contributed by atoms with E-state index >= 15 is 0 Å². The summed E-state index contributed by atoms with van der Waals surface area (Å²) in [5, 5.41) is 2.07. The fraction of sp³-hybridized carbons (Fsp3) is 0.381. The third kappa shape index (κ3) is 6.44. The second-order valence-corrected chi connectivity index (χ2v) is 9.48. The largest absolute Gasteiger partial charge is 0.417 e. The van der Waals surface area contributed by atoms with E-state index in [0.717, 1.165) is 27.6 Å². The van der Waals surface area contributed by atoms with Crippen molar-refractivity contribution in [3.8, 4) is 0 Å². The van der Waals surface area contributed by atoms with Gasteiger partial charge in [-0.1, -0.05) is 29.8 Å². The highest BCUT2D eigenvalue weighted by molar-refractivity contribution is 7.89. The van der Waals surface area contributed by atoms with Gasteiger partial charge in [-0.2, -0.15) is 17.5 Å². The lowest BCUT2D eigenvalue weighted by molar-refractivity contribution is -0.137. The van der Waals surface area contributed by atoms with Gasteiger partial charge in [0.15, 0.2) is 0 Å². The number of anilines is 1. The fourth-order valence-electron chi connectivity index (χ4n) is 3.05. The van der Waals surface area contributed by atoms with Gasteiger partial charge in [-0.3, -0.25) is 4.79 Å². The van der Waals surface area contributed by atoms with Crippen molar-refractivity contribution >= 4 is 33.2 Å². The third-order valence-corrected chi connectivity index (χ3v) is 6.87. The van der Waals surface area contributed by atoms with E-state index < -0.39 is 44.1 Å². The number of carbonyl (C=O) groups excluding carboxylic acids is 1. The maximum Gasteiger partial charge on any atom is 0.417 e. The molecule has 0 atom stereocenters. The summed E-state index contributed by atoms with van der Waals surface area (Å²) < 4.78 is 71.7. The van der Waals surface area contributed by atoms with Crippen molar-refractivity contribution in [3.05, 3.63) is 58.1 Å². The minimum absolute atomic E-state index is 0.125. The standard InChI is InChI=1S/C21H24ClF3N2O4S/c1-14-6-4-7-15(2)20(14)26-19(28)13-27(10-5-11-31-3)32(29,30)16-8-9-18(22)17(12-16)21(23,24)25/h4,6-9,12H,5,10-11,13H2,1-3H3,(H,26,28). The van der Waals surface area contributed by atoms with E-state index in [-0.39, 0.29) is 19.6 Å². The van der Waals surface area contributed by atoms with Crippen LogP contribution in [0, 0.1) is 13.8 Å². The van der Waals surface area contributed by atoms with Gasteiger partial charge in [-0.15, -0.1) is 0 Å². The molecule has 2 aromatic rings. The van der Waals surface area contributed by atoms with Crippen LogP contribution in [0.15, 0.2) is 41.3 Å². The number of ether oxygens (including phenoxy) is 1.